The summed E-state index contributed by atoms with van der Waals surface area (Å²) in [5.41, 5.74) is 6.70. The zero-order valence-electron chi connectivity index (χ0n) is 11.4. The Morgan fingerprint density at radius 3 is 2.43 bits per heavy atom. The predicted molar refractivity (Wildman–Crippen MR) is 74.8 cm³/mol. The fourth-order valence-corrected chi connectivity index (χ4v) is 2.30. The van der Waals surface area contributed by atoms with E-state index in [4.69, 9.17) is 5.73 Å². The van der Waals surface area contributed by atoms with Gasteiger partial charge >= 0.3 is 0 Å². The highest BCUT2D eigenvalue weighted by Gasteiger charge is 2.19. The number of fused-ring (bicyclic) bond motifs is 1. The van der Waals surface area contributed by atoms with Gasteiger partial charge in [-0.15, -0.1) is 0 Å². The molecule has 0 aliphatic rings. The Morgan fingerprint density at radius 2 is 1.71 bits per heavy atom. The highest BCUT2D eigenvalue weighted by molar-refractivity contribution is 5.81. The topological polar surface area (TPSA) is 43.8 Å². The Kier molecular flexibility index (Phi) is 2.90. The van der Waals surface area contributed by atoms with Gasteiger partial charge in [0.15, 0.2) is 5.82 Å². The molecule has 0 spiro atoms. The van der Waals surface area contributed by atoms with E-state index in [0.717, 1.165) is 6.07 Å². The van der Waals surface area contributed by atoms with Crippen LogP contribution >= 0.6 is 0 Å². The molecule has 1 heterocycles. The van der Waals surface area contributed by atoms with Crippen molar-refractivity contribution in [2.75, 3.05) is 5.73 Å². The number of hydrogen-bond donors (Lipinski definition) is 1. The molecule has 0 amide bonds. The molecule has 21 heavy (non-hydrogen) atoms. The first-order chi connectivity index (χ1) is 9.90. The molecule has 0 aliphatic carbocycles. The lowest BCUT2D eigenvalue weighted by Crippen LogP contribution is -2.07. The van der Waals surface area contributed by atoms with Crippen molar-refractivity contribution in [1.29, 1.82) is 0 Å². The number of nitrogens with zero attached hydrogens (tertiary/aromatic N) is 2. The molecule has 0 unspecified atom stereocenters. The summed E-state index contributed by atoms with van der Waals surface area (Å²) in [4.78, 5) is 3.97. The fraction of sp³-hybridized carbons (Fsp3) is 0.133. The molecule has 6 heteroatoms. The summed E-state index contributed by atoms with van der Waals surface area (Å²) in [6, 6.07) is 5.17. The van der Waals surface area contributed by atoms with Crippen LogP contribution in [0.3, 0.4) is 0 Å². The molecule has 2 N–H and O–H groups in total. The van der Waals surface area contributed by atoms with Crippen molar-refractivity contribution in [2.24, 2.45) is 0 Å². The van der Waals surface area contributed by atoms with Gasteiger partial charge in [-0.25, -0.2) is 18.2 Å². The summed E-state index contributed by atoms with van der Waals surface area (Å²) in [7, 11) is 0. The van der Waals surface area contributed by atoms with Gasteiger partial charge in [0.2, 0.25) is 5.95 Å². The first kappa shape index (κ1) is 13.5. The third kappa shape index (κ3) is 1.94. The number of nitrogen functional groups attached to an aromatic ring is 1. The molecule has 108 valence electrons. The highest BCUT2D eigenvalue weighted by atomic mass is 19.1. The van der Waals surface area contributed by atoms with E-state index < -0.39 is 17.5 Å². The van der Waals surface area contributed by atoms with Crippen LogP contribution in [0.25, 0.3) is 16.7 Å². The Balaban J connectivity index is 2.43. The quantitative estimate of drug-likeness (QED) is 0.744. The van der Waals surface area contributed by atoms with Gasteiger partial charge < -0.3 is 5.73 Å². The van der Waals surface area contributed by atoms with Crippen molar-refractivity contribution in [2.45, 2.75) is 13.8 Å². The van der Waals surface area contributed by atoms with E-state index in [9.17, 15) is 13.2 Å². The monoisotopic (exact) mass is 291 g/mol. The van der Waals surface area contributed by atoms with Gasteiger partial charge in [0.05, 0.1) is 11.0 Å². The highest BCUT2D eigenvalue weighted by Crippen LogP contribution is 2.29. The molecule has 0 atom stereocenters. The second-order valence-electron chi connectivity index (χ2n) is 4.92. The van der Waals surface area contributed by atoms with Crippen LogP contribution in [-0.4, -0.2) is 9.55 Å². The number of rotatable bonds is 1. The first-order valence-electron chi connectivity index (χ1n) is 6.29. The molecule has 0 radical (unpaired) electrons. The van der Waals surface area contributed by atoms with E-state index in [1.54, 1.807) is 6.92 Å². The zero-order chi connectivity index (χ0) is 15.3. The van der Waals surface area contributed by atoms with Crippen LogP contribution in [-0.2, 0) is 0 Å². The number of hydrogen-bond acceptors (Lipinski definition) is 2. The van der Waals surface area contributed by atoms with Gasteiger partial charge in [-0.05, 0) is 37.1 Å². The maximum absolute atomic E-state index is 14.3. The van der Waals surface area contributed by atoms with E-state index >= 15 is 0 Å². The van der Waals surface area contributed by atoms with Crippen LogP contribution in [0.1, 0.15) is 11.1 Å². The number of aryl methyl sites for hydroxylation is 2. The number of imidazole rings is 1. The van der Waals surface area contributed by atoms with Crippen molar-refractivity contribution in [3.05, 3.63) is 52.8 Å². The molecule has 0 saturated heterocycles. The minimum absolute atomic E-state index is 0.0987. The lowest BCUT2D eigenvalue weighted by atomic mass is 10.1. The number of aromatic nitrogens is 2. The van der Waals surface area contributed by atoms with Crippen LogP contribution < -0.4 is 5.73 Å². The third-order valence-corrected chi connectivity index (χ3v) is 3.44. The number of nitrogens with two attached hydrogens (primary N) is 1. The molecule has 3 rings (SSSR count). The maximum Gasteiger partial charge on any atom is 0.206 e. The average molecular weight is 291 g/mol. The van der Waals surface area contributed by atoms with Crippen molar-refractivity contribution in [3.63, 3.8) is 0 Å². The van der Waals surface area contributed by atoms with Gasteiger partial charge in [0.1, 0.15) is 17.3 Å². The molecular formula is C15H12F3N3. The van der Waals surface area contributed by atoms with Crippen LogP contribution in [0, 0.1) is 31.3 Å². The minimum Gasteiger partial charge on any atom is -0.369 e. The fourth-order valence-electron chi connectivity index (χ4n) is 2.30. The maximum atomic E-state index is 14.3. The van der Waals surface area contributed by atoms with Crippen molar-refractivity contribution >= 4 is 17.0 Å². The number of benzene rings is 2. The Labute approximate surface area is 118 Å². The summed E-state index contributed by atoms with van der Waals surface area (Å²) >= 11 is 0. The van der Waals surface area contributed by atoms with Crippen molar-refractivity contribution in [1.82, 2.24) is 9.55 Å². The van der Waals surface area contributed by atoms with E-state index in [1.165, 1.54) is 29.7 Å². The molecule has 0 bridgehead atoms. The smallest absolute Gasteiger partial charge is 0.206 e. The molecule has 1 aromatic heterocycles. The third-order valence-electron chi connectivity index (χ3n) is 3.44. The molecule has 0 saturated carbocycles. The number of anilines is 1. The summed E-state index contributed by atoms with van der Waals surface area (Å²) < 4.78 is 43.1. The second kappa shape index (κ2) is 4.51. The van der Waals surface area contributed by atoms with Gasteiger partial charge in [-0.1, -0.05) is 6.07 Å². The Bertz CT molecular complexity index is 868. The lowest BCUT2D eigenvalue weighted by molar-refractivity contribution is 0.566. The van der Waals surface area contributed by atoms with Gasteiger partial charge in [0, 0.05) is 6.07 Å². The lowest BCUT2D eigenvalue weighted by Gasteiger charge is -2.11. The van der Waals surface area contributed by atoms with Crippen LogP contribution in [0.4, 0.5) is 19.1 Å². The molecule has 0 fully saturated rings. The summed E-state index contributed by atoms with van der Waals surface area (Å²) in [5, 5.41) is 0. The Morgan fingerprint density at radius 1 is 1.00 bits per heavy atom. The SMILES string of the molecule is Cc1cc2c(cc1F)nc(N)n2-c1c(F)ccc(C)c1F. The van der Waals surface area contributed by atoms with E-state index in [0.29, 0.717) is 11.1 Å². The van der Waals surface area contributed by atoms with Gasteiger partial charge in [0.25, 0.3) is 0 Å². The first-order valence-corrected chi connectivity index (χ1v) is 6.29. The average Bonchev–Trinajstić information content (AvgIpc) is 2.72. The largest absolute Gasteiger partial charge is 0.369 e. The summed E-state index contributed by atoms with van der Waals surface area (Å²) in [5.74, 6) is -2.02. The molecule has 3 aromatic rings. The molecule has 2 aromatic carbocycles. The molecule has 3 nitrogen and oxygen atoms in total. The van der Waals surface area contributed by atoms with Crippen LogP contribution in [0.5, 0.6) is 0 Å². The van der Waals surface area contributed by atoms with Crippen molar-refractivity contribution in [3.8, 4) is 5.69 Å². The Hall–Kier alpha value is -2.50. The van der Waals surface area contributed by atoms with Gasteiger partial charge in [-0.2, -0.15) is 0 Å². The molecule has 0 aliphatic heterocycles. The summed E-state index contributed by atoms with van der Waals surface area (Å²) in [6.07, 6.45) is 0. The van der Waals surface area contributed by atoms with E-state index in [-0.39, 0.29) is 22.7 Å². The zero-order valence-corrected chi connectivity index (χ0v) is 11.4. The van der Waals surface area contributed by atoms with Crippen LogP contribution in [0.15, 0.2) is 24.3 Å². The van der Waals surface area contributed by atoms with E-state index in [1.807, 2.05) is 0 Å². The second-order valence-corrected chi connectivity index (χ2v) is 4.92. The van der Waals surface area contributed by atoms with Crippen LogP contribution in [0.2, 0.25) is 0 Å². The predicted octanol–water partition coefficient (Wildman–Crippen LogP) is 3.64. The number of halogens is 3. The molecular weight excluding hydrogens is 279 g/mol. The normalized spacial score (nSPS) is 11.3. The van der Waals surface area contributed by atoms with Gasteiger partial charge in [-0.3, -0.25) is 4.57 Å². The van der Waals surface area contributed by atoms with Crippen molar-refractivity contribution < 1.29 is 13.2 Å². The standard InChI is InChI=1S/C15H12F3N3/c1-7-3-4-9(16)14(13(7)18)21-12-5-8(2)10(17)6-11(12)20-15(21)19/h3-6H,1-2H3,(H2,19,20). The van der Waals surface area contributed by atoms with E-state index in [2.05, 4.69) is 4.98 Å². The minimum atomic E-state index is -0.758. The summed E-state index contributed by atoms with van der Waals surface area (Å²) in [6.45, 7) is 3.09.